The first-order chi connectivity index (χ1) is 12.5. The number of benzene rings is 2. The van der Waals surface area contributed by atoms with Gasteiger partial charge in [-0.3, -0.25) is 19.3 Å². The lowest BCUT2D eigenvalue weighted by atomic mass is 10.1. The molecule has 6 nitrogen and oxygen atoms in total. The predicted octanol–water partition coefficient (Wildman–Crippen LogP) is 2.29. The molecule has 0 radical (unpaired) electrons. The summed E-state index contributed by atoms with van der Waals surface area (Å²) in [5, 5.41) is 2.68. The van der Waals surface area contributed by atoms with Gasteiger partial charge in [-0.2, -0.15) is 0 Å². The molecule has 0 aromatic heterocycles. The summed E-state index contributed by atoms with van der Waals surface area (Å²) in [5.74, 6) is -2.08. The highest BCUT2D eigenvalue weighted by Crippen LogP contribution is 2.29. The zero-order chi connectivity index (χ0) is 18.7. The van der Waals surface area contributed by atoms with Crippen LogP contribution in [0.1, 0.15) is 12.5 Å². The van der Waals surface area contributed by atoms with Crippen LogP contribution in [-0.2, 0) is 25.5 Å². The number of hydrogen-bond acceptors (Lipinski definition) is 4. The van der Waals surface area contributed by atoms with Gasteiger partial charge in [0, 0.05) is 0 Å². The Morgan fingerprint density at radius 1 is 1.19 bits per heavy atom. The quantitative estimate of drug-likeness (QED) is 0.853. The van der Waals surface area contributed by atoms with Crippen LogP contribution in [0.4, 0.5) is 15.8 Å². The van der Waals surface area contributed by atoms with Crippen molar-refractivity contribution in [2.45, 2.75) is 19.4 Å². The first-order valence-corrected chi connectivity index (χ1v) is 8.09. The zero-order valence-electron chi connectivity index (χ0n) is 14.1. The summed E-state index contributed by atoms with van der Waals surface area (Å²) >= 11 is 0. The van der Waals surface area contributed by atoms with Crippen molar-refractivity contribution in [1.29, 1.82) is 0 Å². The van der Waals surface area contributed by atoms with Gasteiger partial charge in [0.25, 0.3) is 5.91 Å². The van der Waals surface area contributed by atoms with Gasteiger partial charge < -0.3 is 10.1 Å². The van der Waals surface area contributed by atoms with Gasteiger partial charge in [0.05, 0.1) is 17.8 Å². The van der Waals surface area contributed by atoms with E-state index in [1.54, 1.807) is 30.3 Å². The standard InChI is InChI=1S/C19H17FN2O4/c1-12(26-18(24)10-13-6-2-3-7-14(13)20)19(25)22-11-17(23)21-15-8-4-5-9-16(15)22/h2-9,12H,10-11H2,1H3,(H,21,23)/t12-/m1/s1. The number of carbonyl (C=O) groups excluding carboxylic acids is 3. The number of para-hydroxylation sites is 2. The molecule has 134 valence electrons. The average Bonchev–Trinajstić information content (AvgIpc) is 2.62. The fourth-order valence-corrected chi connectivity index (χ4v) is 2.74. The molecule has 26 heavy (non-hydrogen) atoms. The molecule has 2 amide bonds. The van der Waals surface area contributed by atoms with Crippen LogP contribution in [0, 0.1) is 5.82 Å². The van der Waals surface area contributed by atoms with Crippen molar-refractivity contribution >= 4 is 29.2 Å². The maximum Gasteiger partial charge on any atom is 0.311 e. The molecule has 0 saturated heterocycles. The van der Waals surface area contributed by atoms with Crippen molar-refractivity contribution in [3.63, 3.8) is 0 Å². The molecule has 0 fully saturated rings. The van der Waals surface area contributed by atoms with Crippen molar-refractivity contribution in [2.75, 3.05) is 16.8 Å². The molecule has 7 heteroatoms. The van der Waals surface area contributed by atoms with Crippen LogP contribution in [0.3, 0.4) is 0 Å². The van der Waals surface area contributed by atoms with Crippen LogP contribution in [0.15, 0.2) is 48.5 Å². The highest BCUT2D eigenvalue weighted by atomic mass is 19.1. The number of esters is 1. The molecular weight excluding hydrogens is 339 g/mol. The highest BCUT2D eigenvalue weighted by Gasteiger charge is 2.31. The van der Waals surface area contributed by atoms with E-state index in [2.05, 4.69) is 5.32 Å². The minimum absolute atomic E-state index is 0.162. The van der Waals surface area contributed by atoms with Crippen LogP contribution in [0.25, 0.3) is 0 Å². The Balaban J connectivity index is 1.69. The van der Waals surface area contributed by atoms with Crippen molar-refractivity contribution < 1.29 is 23.5 Å². The van der Waals surface area contributed by atoms with Crippen LogP contribution in [0.5, 0.6) is 0 Å². The van der Waals surface area contributed by atoms with E-state index in [9.17, 15) is 18.8 Å². The first-order valence-electron chi connectivity index (χ1n) is 8.09. The fourth-order valence-electron chi connectivity index (χ4n) is 2.74. The Hall–Kier alpha value is -3.22. The van der Waals surface area contributed by atoms with Gasteiger partial charge in [0.15, 0.2) is 6.10 Å². The van der Waals surface area contributed by atoms with E-state index < -0.39 is 23.8 Å². The summed E-state index contributed by atoms with van der Waals surface area (Å²) in [5.41, 5.74) is 1.25. The maximum absolute atomic E-state index is 13.6. The molecule has 0 unspecified atom stereocenters. The smallest absolute Gasteiger partial charge is 0.311 e. The summed E-state index contributed by atoms with van der Waals surface area (Å²) in [4.78, 5) is 37.8. The molecule has 2 aromatic carbocycles. The molecule has 0 saturated carbocycles. The zero-order valence-corrected chi connectivity index (χ0v) is 14.1. The monoisotopic (exact) mass is 356 g/mol. The third kappa shape index (κ3) is 3.72. The topological polar surface area (TPSA) is 75.7 Å². The second kappa shape index (κ2) is 7.35. The van der Waals surface area contributed by atoms with E-state index in [0.29, 0.717) is 11.4 Å². The average molecular weight is 356 g/mol. The lowest BCUT2D eigenvalue weighted by molar-refractivity contribution is -0.153. The van der Waals surface area contributed by atoms with E-state index in [1.165, 1.54) is 30.0 Å². The van der Waals surface area contributed by atoms with Gasteiger partial charge in [0.1, 0.15) is 12.4 Å². The van der Waals surface area contributed by atoms with Gasteiger partial charge >= 0.3 is 5.97 Å². The molecule has 1 aliphatic rings. The second-order valence-electron chi connectivity index (χ2n) is 5.89. The lowest BCUT2D eigenvalue weighted by Gasteiger charge is -2.30. The third-order valence-electron chi connectivity index (χ3n) is 3.99. The molecule has 1 atom stereocenters. The Morgan fingerprint density at radius 3 is 2.65 bits per heavy atom. The Bertz CT molecular complexity index is 868. The summed E-state index contributed by atoms with van der Waals surface area (Å²) in [6.45, 7) is 1.27. The number of amides is 2. The van der Waals surface area contributed by atoms with Crippen molar-refractivity contribution in [3.05, 3.63) is 59.9 Å². The number of hydrogen-bond donors (Lipinski definition) is 1. The van der Waals surface area contributed by atoms with E-state index in [0.717, 1.165) is 0 Å². The van der Waals surface area contributed by atoms with Gasteiger partial charge in [-0.15, -0.1) is 0 Å². The Kier molecular flexibility index (Phi) is 4.97. The second-order valence-corrected chi connectivity index (χ2v) is 5.89. The highest BCUT2D eigenvalue weighted by molar-refractivity contribution is 6.11. The number of rotatable bonds is 4. The summed E-state index contributed by atoms with van der Waals surface area (Å²) < 4.78 is 18.8. The van der Waals surface area contributed by atoms with Crippen LogP contribution >= 0.6 is 0 Å². The lowest BCUT2D eigenvalue weighted by Crippen LogP contribution is -2.47. The third-order valence-corrected chi connectivity index (χ3v) is 3.99. The fraction of sp³-hybridized carbons (Fsp3) is 0.211. The van der Waals surface area contributed by atoms with Crippen LogP contribution in [0.2, 0.25) is 0 Å². The molecule has 0 bridgehead atoms. The Labute approximate surface area is 149 Å². The predicted molar refractivity (Wildman–Crippen MR) is 93.1 cm³/mol. The molecule has 1 aliphatic heterocycles. The van der Waals surface area contributed by atoms with Crippen molar-refractivity contribution in [1.82, 2.24) is 0 Å². The number of ether oxygens (including phenoxy) is 1. The molecular formula is C19H17FN2O4. The summed E-state index contributed by atoms with van der Waals surface area (Å²) in [6, 6.07) is 12.7. The van der Waals surface area contributed by atoms with Gasteiger partial charge in [-0.25, -0.2) is 4.39 Å². The number of halogens is 1. The van der Waals surface area contributed by atoms with Crippen LogP contribution in [-0.4, -0.2) is 30.4 Å². The SMILES string of the molecule is C[C@@H](OC(=O)Cc1ccccc1F)C(=O)N1CC(=O)Nc2ccccc21. The number of nitrogens with zero attached hydrogens (tertiary/aromatic N) is 1. The molecule has 1 heterocycles. The van der Waals surface area contributed by atoms with Gasteiger partial charge in [-0.05, 0) is 30.7 Å². The molecule has 0 spiro atoms. The first kappa shape index (κ1) is 17.6. The summed E-state index contributed by atoms with van der Waals surface area (Å²) in [7, 11) is 0. The minimum atomic E-state index is -1.10. The van der Waals surface area contributed by atoms with Crippen LogP contribution < -0.4 is 10.2 Å². The van der Waals surface area contributed by atoms with Gasteiger partial charge in [0.2, 0.25) is 5.91 Å². The summed E-state index contributed by atoms with van der Waals surface area (Å²) in [6.07, 6.45) is -1.38. The molecule has 1 N–H and O–H groups in total. The molecule has 2 aromatic rings. The van der Waals surface area contributed by atoms with E-state index in [4.69, 9.17) is 4.74 Å². The minimum Gasteiger partial charge on any atom is -0.452 e. The molecule has 0 aliphatic carbocycles. The van der Waals surface area contributed by atoms with Crippen molar-refractivity contribution in [2.24, 2.45) is 0 Å². The maximum atomic E-state index is 13.6. The molecule has 3 rings (SSSR count). The largest absolute Gasteiger partial charge is 0.452 e. The van der Waals surface area contributed by atoms with E-state index in [-0.39, 0.29) is 24.4 Å². The van der Waals surface area contributed by atoms with E-state index >= 15 is 0 Å². The van der Waals surface area contributed by atoms with Crippen molar-refractivity contribution in [3.8, 4) is 0 Å². The van der Waals surface area contributed by atoms with Gasteiger partial charge in [-0.1, -0.05) is 30.3 Å². The Morgan fingerprint density at radius 2 is 1.88 bits per heavy atom. The number of fused-ring (bicyclic) bond motifs is 1. The van der Waals surface area contributed by atoms with E-state index in [1.807, 2.05) is 0 Å². The number of nitrogens with one attached hydrogen (secondary N) is 1. The number of carbonyl (C=O) groups is 3. The normalized spacial score (nSPS) is 14.2. The number of anilines is 2.